The van der Waals surface area contributed by atoms with Gasteiger partial charge in [0.15, 0.2) is 0 Å². The highest BCUT2D eigenvalue weighted by Gasteiger charge is -0.364. The molecule has 9 heavy (non-hydrogen) atoms. The molecule has 24 N–H and O–H groups in total. The molecule has 0 aromatic carbocycles. The standard InChI is InChI=1S/6H3N.3S/h6*1H3;;;/q;;;;;;3*-2/p+6. The summed E-state index contributed by atoms with van der Waals surface area (Å²) in [6, 6.07) is 0. The molecule has 0 atom stereocenters. The van der Waals surface area contributed by atoms with Crippen LogP contribution in [0.1, 0.15) is 0 Å². The third-order valence-electron chi connectivity index (χ3n) is 0. The van der Waals surface area contributed by atoms with Gasteiger partial charge in [0.25, 0.3) is 0 Å². The highest BCUT2D eigenvalue weighted by molar-refractivity contribution is 7.37. The normalized spacial score (nSPS) is 0. The quantitative estimate of drug-likeness (QED) is 0.334. The Bertz CT molecular complexity index is 8.26. The molecule has 0 aliphatic carbocycles. The fraction of sp³-hybridized carbons (Fsp3) is 0. The molecular formula is H24N6S3. The molecule has 0 amide bonds. The summed E-state index contributed by atoms with van der Waals surface area (Å²) in [5.74, 6) is 0. The van der Waals surface area contributed by atoms with Crippen LogP contribution in [0.15, 0.2) is 0 Å². The number of hydrogen-bond acceptors (Lipinski definition) is 0. The summed E-state index contributed by atoms with van der Waals surface area (Å²) < 4.78 is 0. The Kier molecular flexibility index (Phi) is 106000. The molecule has 72 valence electrons. The first-order valence-corrected chi connectivity index (χ1v) is 0. The third kappa shape index (κ3) is 623. The van der Waals surface area contributed by atoms with Crippen molar-refractivity contribution in [2.24, 2.45) is 0 Å². The van der Waals surface area contributed by atoms with Gasteiger partial charge in [-0.05, 0) is 0 Å². The van der Waals surface area contributed by atoms with Crippen LogP contribution in [-0.2, 0) is 40.5 Å². The van der Waals surface area contributed by atoms with Crippen LogP contribution in [0, 0.1) is 0 Å². The van der Waals surface area contributed by atoms with Crippen molar-refractivity contribution >= 4 is 40.5 Å². The van der Waals surface area contributed by atoms with Crippen LogP contribution in [0.4, 0.5) is 0 Å². The highest BCUT2D eigenvalue weighted by atomic mass is 32.1. The first kappa shape index (κ1) is 1160. The molecule has 0 aliphatic rings. The van der Waals surface area contributed by atoms with Gasteiger partial charge in [0.05, 0.1) is 0 Å². The van der Waals surface area contributed by atoms with E-state index in [0.29, 0.717) is 0 Å². The first-order valence-electron chi connectivity index (χ1n) is 0. The van der Waals surface area contributed by atoms with Gasteiger partial charge in [-0.3, -0.25) is 0 Å². The second-order valence-corrected chi connectivity index (χ2v) is 0. The van der Waals surface area contributed by atoms with Crippen LogP contribution >= 0.6 is 0 Å². The predicted molar refractivity (Wildman–Crippen MR) is 58.0 cm³/mol. The van der Waals surface area contributed by atoms with Gasteiger partial charge >= 0.3 is 0 Å². The summed E-state index contributed by atoms with van der Waals surface area (Å²) in [5, 5.41) is 0. The van der Waals surface area contributed by atoms with Crippen molar-refractivity contribution in [1.82, 2.24) is 36.9 Å². The maximum atomic E-state index is 0. The molecule has 0 aromatic heterocycles. The lowest BCUT2D eigenvalue weighted by Gasteiger charge is -2.00. The minimum absolute atomic E-state index is 0. The lowest BCUT2D eigenvalue weighted by molar-refractivity contribution is 2.13. The lowest BCUT2D eigenvalue weighted by atomic mass is 14.0. The monoisotopic (exact) mass is 204 g/mol. The molecule has 0 saturated carbocycles. The average molecular weight is 204 g/mol. The molecule has 0 fully saturated rings. The van der Waals surface area contributed by atoms with E-state index in [1.54, 1.807) is 0 Å². The van der Waals surface area contributed by atoms with Crippen LogP contribution in [0.3, 0.4) is 0 Å². The summed E-state index contributed by atoms with van der Waals surface area (Å²) in [7, 11) is 0. The maximum Gasteiger partial charge on any atom is -0.369 e. The zero-order valence-corrected chi connectivity index (χ0v) is 9.67. The van der Waals surface area contributed by atoms with E-state index in [1.807, 2.05) is 0 Å². The molecule has 0 saturated heterocycles. The highest BCUT2D eigenvalue weighted by Crippen LogP contribution is -0.000362. The zero-order chi connectivity index (χ0) is 0. The second-order valence-electron chi connectivity index (χ2n) is 0. The Morgan fingerprint density at radius 3 is 0.222 bits per heavy atom. The zero-order valence-electron chi connectivity index (χ0n) is 7.22. The van der Waals surface area contributed by atoms with Gasteiger partial charge < -0.3 is 77.4 Å². The van der Waals surface area contributed by atoms with Gasteiger partial charge in [0, 0.05) is 0 Å². The molecular weight excluding hydrogens is 180 g/mol. The Hall–Kier alpha value is 0.810. The van der Waals surface area contributed by atoms with E-state index in [2.05, 4.69) is 0 Å². The van der Waals surface area contributed by atoms with Crippen LogP contribution in [0.25, 0.3) is 0 Å². The van der Waals surface area contributed by atoms with E-state index in [-0.39, 0.29) is 77.4 Å². The summed E-state index contributed by atoms with van der Waals surface area (Å²) in [4.78, 5) is 0. The summed E-state index contributed by atoms with van der Waals surface area (Å²) in [6.07, 6.45) is 0. The van der Waals surface area contributed by atoms with Gasteiger partial charge in [0.2, 0.25) is 0 Å². The molecule has 0 aliphatic heterocycles. The van der Waals surface area contributed by atoms with Crippen molar-refractivity contribution < 1.29 is 0 Å². The minimum Gasteiger partial charge on any atom is -2.00 e. The van der Waals surface area contributed by atoms with Crippen LogP contribution in [0.2, 0.25) is 0 Å². The van der Waals surface area contributed by atoms with Gasteiger partial charge in [-0.2, -0.15) is 0 Å². The molecule has 0 bridgehead atoms. The largest absolute Gasteiger partial charge is 2.00 e. The van der Waals surface area contributed by atoms with Crippen molar-refractivity contribution in [2.45, 2.75) is 0 Å². The molecule has 0 rings (SSSR count). The molecule has 0 aromatic rings. The van der Waals surface area contributed by atoms with Crippen LogP contribution < -0.4 is 36.9 Å². The van der Waals surface area contributed by atoms with Gasteiger partial charge in [0.1, 0.15) is 0 Å². The Morgan fingerprint density at radius 2 is 0.222 bits per heavy atom. The Morgan fingerprint density at radius 1 is 0.222 bits per heavy atom. The SMILES string of the molecule is [NH4+].[NH4+].[NH4+].[NH4+].[NH4+].[NH4+].[S-2].[S-2].[S-2]. The van der Waals surface area contributed by atoms with Gasteiger partial charge in [-0.1, -0.05) is 0 Å². The lowest BCUT2D eigenvalue weighted by Crippen LogP contribution is -0.482. The van der Waals surface area contributed by atoms with Gasteiger partial charge in [-0.15, -0.1) is 0 Å². The van der Waals surface area contributed by atoms with Crippen molar-refractivity contribution in [3.8, 4) is 0 Å². The van der Waals surface area contributed by atoms with Crippen molar-refractivity contribution in [3.63, 3.8) is 0 Å². The second kappa shape index (κ2) is 819. The Labute approximate surface area is 77.8 Å². The summed E-state index contributed by atoms with van der Waals surface area (Å²) in [6.45, 7) is 0. The summed E-state index contributed by atoms with van der Waals surface area (Å²) >= 11 is 0. The molecule has 0 spiro atoms. The topological polar surface area (TPSA) is 219 Å². The molecule has 0 radical (unpaired) electrons. The van der Waals surface area contributed by atoms with E-state index in [4.69, 9.17) is 0 Å². The van der Waals surface area contributed by atoms with Crippen LogP contribution in [-0.4, -0.2) is 0 Å². The molecule has 9 heteroatoms. The number of hydrogen-bond donors (Lipinski definition) is 6. The molecule has 0 unspecified atom stereocenters. The molecule has 6 nitrogen and oxygen atoms in total. The predicted octanol–water partition coefficient (Wildman–Crippen LogP) is 2.25. The number of rotatable bonds is 0. The van der Waals surface area contributed by atoms with Gasteiger partial charge in [-0.25, -0.2) is 0 Å². The average Bonchev–Trinajstić information content (AvgIpc) is 0. The molecule has 0 heterocycles. The van der Waals surface area contributed by atoms with Crippen molar-refractivity contribution in [1.29, 1.82) is 0 Å². The van der Waals surface area contributed by atoms with Crippen LogP contribution in [0.5, 0.6) is 0 Å². The van der Waals surface area contributed by atoms with E-state index >= 15 is 0 Å². The van der Waals surface area contributed by atoms with E-state index in [1.165, 1.54) is 0 Å². The summed E-state index contributed by atoms with van der Waals surface area (Å²) in [5.41, 5.74) is 0. The van der Waals surface area contributed by atoms with Crippen molar-refractivity contribution in [3.05, 3.63) is 0 Å². The van der Waals surface area contributed by atoms with E-state index in [0.717, 1.165) is 0 Å². The first-order chi connectivity index (χ1) is 0. The Balaban J connectivity index is 0. The van der Waals surface area contributed by atoms with E-state index < -0.39 is 0 Å². The van der Waals surface area contributed by atoms with E-state index in [9.17, 15) is 0 Å². The smallest absolute Gasteiger partial charge is 0.369 e. The number of quaternary nitrogens is 6. The third-order valence-corrected chi connectivity index (χ3v) is 0. The van der Waals surface area contributed by atoms with Crippen molar-refractivity contribution in [2.75, 3.05) is 0 Å². The minimum atomic E-state index is 0. The maximum absolute atomic E-state index is 0. The fourth-order valence-electron chi connectivity index (χ4n) is 0. The fourth-order valence-corrected chi connectivity index (χ4v) is 0.